The van der Waals surface area contributed by atoms with E-state index in [1.807, 2.05) is 0 Å². The van der Waals surface area contributed by atoms with Gasteiger partial charge < -0.3 is 4.90 Å². The molecule has 1 unspecified atom stereocenters. The van der Waals surface area contributed by atoms with Crippen molar-refractivity contribution < 1.29 is 0 Å². The molecule has 1 aliphatic rings. The fourth-order valence-corrected chi connectivity index (χ4v) is 2.28. The van der Waals surface area contributed by atoms with E-state index in [4.69, 9.17) is 0 Å². The molecule has 1 saturated heterocycles. The summed E-state index contributed by atoms with van der Waals surface area (Å²) in [5, 5.41) is 0. The molecule has 0 N–H and O–H groups in total. The molecule has 1 rings (SSSR count). The molecule has 1 nitrogen and oxygen atoms in total. The highest BCUT2D eigenvalue weighted by atomic mass is 15.2. The van der Waals surface area contributed by atoms with E-state index >= 15 is 0 Å². The third kappa shape index (κ3) is 1.58. The summed E-state index contributed by atoms with van der Waals surface area (Å²) in [6, 6.07) is 0. The highest BCUT2D eigenvalue weighted by Gasteiger charge is 2.41. The summed E-state index contributed by atoms with van der Waals surface area (Å²) in [6.45, 7) is 12.0. The second-order valence-corrected chi connectivity index (χ2v) is 4.86. The van der Waals surface area contributed by atoms with Gasteiger partial charge in [-0.1, -0.05) is 27.7 Å². The Balaban J connectivity index is 2.47. The van der Waals surface area contributed by atoms with Crippen molar-refractivity contribution in [3.8, 4) is 0 Å². The van der Waals surface area contributed by atoms with Gasteiger partial charge in [0.15, 0.2) is 0 Å². The Hall–Kier alpha value is -0.0400. The zero-order chi connectivity index (χ0) is 8.65. The molecule has 0 aromatic carbocycles. The van der Waals surface area contributed by atoms with E-state index in [1.165, 1.54) is 13.1 Å². The maximum Gasteiger partial charge on any atom is 0.00474 e. The average Bonchev–Trinajstić information content (AvgIpc) is 1.83. The number of likely N-dealkylation sites (tertiary alicyclic amines) is 1. The Morgan fingerprint density at radius 3 is 1.91 bits per heavy atom. The van der Waals surface area contributed by atoms with Crippen LogP contribution in [0.3, 0.4) is 0 Å². The monoisotopic (exact) mass is 155 g/mol. The summed E-state index contributed by atoms with van der Waals surface area (Å²) in [5.74, 6) is 1.69. The summed E-state index contributed by atoms with van der Waals surface area (Å²) in [4.78, 5) is 2.40. The van der Waals surface area contributed by atoms with Gasteiger partial charge in [0, 0.05) is 13.1 Å². The molecule has 0 bridgehead atoms. The Bertz CT molecular complexity index is 134. The lowest BCUT2D eigenvalue weighted by atomic mass is 9.68. The molecule has 0 spiro atoms. The quantitative estimate of drug-likeness (QED) is 0.591. The van der Waals surface area contributed by atoms with Crippen LogP contribution in [0.1, 0.15) is 27.7 Å². The third-order valence-electron chi connectivity index (χ3n) is 3.36. The van der Waals surface area contributed by atoms with Crippen molar-refractivity contribution in [2.24, 2.45) is 17.3 Å². The zero-order valence-electron chi connectivity index (χ0n) is 8.52. The van der Waals surface area contributed by atoms with Crippen LogP contribution in [-0.4, -0.2) is 25.0 Å². The molecule has 0 aliphatic carbocycles. The van der Waals surface area contributed by atoms with Crippen LogP contribution in [0.15, 0.2) is 0 Å². The fourth-order valence-electron chi connectivity index (χ4n) is 2.28. The van der Waals surface area contributed by atoms with E-state index in [-0.39, 0.29) is 0 Å². The van der Waals surface area contributed by atoms with Crippen LogP contribution in [-0.2, 0) is 0 Å². The smallest absolute Gasteiger partial charge is 0.00474 e. The molecule has 11 heavy (non-hydrogen) atoms. The Morgan fingerprint density at radius 2 is 1.64 bits per heavy atom. The van der Waals surface area contributed by atoms with Gasteiger partial charge in [0.25, 0.3) is 0 Å². The molecule has 1 heterocycles. The maximum atomic E-state index is 2.41. The standard InChI is InChI=1S/C10H21N/c1-8(2)9(3)10(4)6-11(5)7-10/h8-9H,6-7H2,1-5H3. The minimum absolute atomic E-state index is 0.600. The molecule has 1 aliphatic heterocycles. The van der Waals surface area contributed by atoms with Crippen molar-refractivity contribution in [2.75, 3.05) is 20.1 Å². The van der Waals surface area contributed by atoms with E-state index in [2.05, 4.69) is 39.6 Å². The molecule has 1 fully saturated rings. The summed E-state index contributed by atoms with van der Waals surface area (Å²) in [7, 11) is 2.20. The van der Waals surface area contributed by atoms with Crippen LogP contribution in [0, 0.1) is 17.3 Å². The predicted molar refractivity (Wildman–Crippen MR) is 49.6 cm³/mol. The Morgan fingerprint density at radius 1 is 1.18 bits per heavy atom. The number of hydrogen-bond acceptors (Lipinski definition) is 1. The summed E-state index contributed by atoms with van der Waals surface area (Å²) in [5.41, 5.74) is 0.600. The highest BCUT2D eigenvalue weighted by Crippen LogP contribution is 2.39. The first-order valence-corrected chi connectivity index (χ1v) is 4.64. The van der Waals surface area contributed by atoms with Crippen molar-refractivity contribution in [3.05, 3.63) is 0 Å². The molecule has 0 aromatic rings. The number of rotatable bonds is 2. The molecular formula is C10H21N. The molecule has 1 heteroatoms. The van der Waals surface area contributed by atoms with Crippen molar-refractivity contribution in [2.45, 2.75) is 27.7 Å². The topological polar surface area (TPSA) is 3.24 Å². The second kappa shape index (κ2) is 2.78. The zero-order valence-corrected chi connectivity index (χ0v) is 8.52. The summed E-state index contributed by atoms with van der Waals surface area (Å²) < 4.78 is 0. The van der Waals surface area contributed by atoms with Crippen LogP contribution in [0.5, 0.6) is 0 Å². The number of hydrogen-bond donors (Lipinski definition) is 0. The highest BCUT2D eigenvalue weighted by molar-refractivity contribution is 4.93. The first-order valence-electron chi connectivity index (χ1n) is 4.64. The van der Waals surface area contributed by atoms with E-state index in [0.717, 1.165) is 11.8 Å². The van der Waals surface area contributed by atoms with Gasteiger partial charge in [-0.2, -0.15) is 0 Å². The predicted octanol–water partition coefficient (Wildman–Crippen LogP) is 2.23. The largest absolute Gasteiger partial charge is 0.305 e. The van der Waals surface area contributed by atoms with Crippen molar-refractivity contribution in [3.63, 3.8) is 0 Å². The lowest BCUT2D eigenvalue weighted by Crippen LogP contribution is -2.56. The van der Waals surface area contributed by atoms with Crippen molar-refractivity contribution in [1.29, 1.82) is 0 Å². The minimum atomic E-state index is 0.600. The third-order valence-corrected chi connectivity index (χ3v) is 3.36. The van der Waals surface area contributed by atoms with Crippen LogP contribution in [0.4, 0.5) is 0 Å². The van der Waals surface area contributed by atoms with E-state index in [0.29, 0.717) is 5.41 Å². The van der Waals surface area contributed by atoms with Crippen LogP contribution in [0.25, 0.3) is 0 Å². The van der Waals surface area contributed by atoms with E-state index in [9.17, 15) is 0 Å². The van der Waals surface area contributed by atoms with Gasteiger partial charge in [-0.15, -0.1) is 0 Å². The molecule has 0 aromatic heterocycles. The van der Waals surface area contributed by atoms with Gasteiger partial charge in [-0.25, -0.2) is 0 Å². The minimum Gasteiger partial charge on any atom is -0.305 e. The van der Waals surface area contributed by atoms with Gasteiger partial charge in [0.05, 0.1) is 0 Å². The first kappa shape index (κ1) is 9.05. The van der Waals surface area contributed by atoms with Gasteiger partial charge in [-0.3, -0.25) is 0 Å². The molecular weight excluding hydrogens is 134 g/mol. The second-order valence-electron chi connectivity index (χ2n) is 4.86. The van der Waals surface area contributed by atoms with Crippen LogP contribution < -0.4 is 0 Å². The van der Waals surface area contributed by atoms with Crippen molar-refractivity contribution >= 4 is 0 Å². The SMILES string of the molecule is CC(C)C(C)C1(C)CN(C)C1. The molecule has 0 amide bonds. The number of nitrogens with zero attached hydrogens (tertiary/aromatic N) is 1. The van der Waals surface area contributed by atoms with E-state index in [1.54, 1.807) is 0 Å². The Kier molecular flexibility index (Phi) is 2.29. The van der Waals surface area contributed by atoms with Gasteiger partial charge in [0.2, 0.25) is 0 Å². The maximum absolute atomic E-state index is 2.41. The normalized spacial score (nSPS) is 26.7. The lowest BCUT2D eigenvalue weighted by Gasteiger charge is -2.51. The van der Waals surface area contributed by atoms with Crippen LogP contribution in [0.2, 0.25) is 0 Å². The lowest BCUT2D eigenvalue weighted by molar-refractivity contribution is -0.0241. The molecule has 0 radical (unpaired) electrons. The fraction of sp³-hybridized carbons (Fsp3) is 1.00. The first-order chi connectivity index (χ1) is 4.96. The summed E-state index contributed by atoms with van der Waals surface area (Å²) >= 11 is 0. The van der Waals surface area contributed by atoms with Gasteiger partial charge in [0.1, 0.15) is 0 Å². The van der Waals surface area contributed by atoms with Gasteiger partial charge in [-0.05, 0) is 24.3 Å². The van der Waals surface area contributed by atoms with Gasteiger partial charge >= 0.3 is 0 Å². The average molecular weight is 155 g/mol. The van der Waals surface area contributed by atoms with Crippen LogP contribution >= 0.6 is 0 Å². The van der Waals surface area contributed by atoms with E-state index < -0.39 is 0 Å². The molecule has 66 valence electrons. The Labute approximate surface area is 70.8 Å². The van der Waals surface area contributed by atoms with Crippen molar-refractivity contribution in [1.82, 2.24) is 4.90 Å². The summed E-state index contributed by atoms with van der Waals surface area (Å²) in [6.07, 6.45) is 0. The molecule has 1 atom stereocenters. The molecule has 0 saturated carbocycles.